The van der Waals surface area contributed by atoms with Gasteiger partial charge < -0.3 is 14.2 Å². The highest BCUT2D eigenvalue weighted by Crippen LogP contribution is 2.30. The molecular formula is C21H32ClN5O6. The summed E-state index contributed by atoms with van der Waals surface area (Å²) in [6.45, 7) is 2.32. The number of ether oxygens (including phenoxy) is 3. The number of nitrogens with zero attached hydrogens (tertiary/aromatic N) is 4. The zero-order valence-electron chi connectivity index (χ0n) is 18.9. The molecule has 0 aromatic carbocycles. The van der Waals surface area contributed by atoms with Crippen LogP contribution < -0.4 is 11.2 Å². The van der Waals surface area contributed by atoms with Crippen molar-refractivity contribution in [3.05, 3.63) is 43.0 Å². The SMILES string of the molecule is Cc1cn(C2CC(N=[N+]=[N-])C(COC(=O)CCOCCCCCCCCCl)O2)c(=O)[nH]c1=O. The molecule has 184 valence electrons. The molecule has 3 unspecified atom stereocenters. The summed E-state index contributed by atoms with van der Waals surface area (Å²) >= 11 is 5.65. The zero-order chi connectivity index (χ0) is 24.1. The molecule has 2 rings (SSSR count). The topological polar surface area (TPSA) is 148 Å². The van der Waals surface area contributed by atoms with Crippen molar-refractivity contribution in [2.45, 2.75) is 76.7 Å². The van der Waals surface area contributed by atoms with Gasteiger partial charge in [0.2, 0.25) is 0 Å². The lowest BCUT2D eigenvalue weighted by Crippen LogP contribution is -2.33. The third kappa shape index (κ3) is 9.21. The Morgan fingerprint density at radius 3 is 2.73 bits per heavy atom. The van der Waals surface area contributed by atoms with E-state index < -0.39 is 35.6 Å². The second-order valence-corrected chi connectivity index (χ2v) is 8.35. The Kier molecular flexibility index (Phi) is 12.0. The number of nitrogens with one attached hydrogen (secondary N) is 1. The summed E-state index contributed by atoms with van der Waals surface area (Å²) in [4.78, 5) is 40.7. The molecule has 0 amide bonds. The lowest BCUT2D eigenvalue weighted by atomic mass is 10.1. The first kappa shape index (κ1) is 26.9. The minimum atomic E-state index is -0.745. The molecule has 11 nitrogen and oxygen atoms in total. The maximum atomic E-state index is 12.1. The normalized spacial score (nSPS) is 19.9. The summed E-state index contributed by atoms with van der Waals surface area (Å²) in [5.74, 6) is 0.271. The Morgan fingerprint density at radius 2 is 2.00 bits per heavy atom. The number of esters is 1. The van der Waals surface area contributed by atoms with Gasteiger partial charge in [0.15, 0.2) is 0 Å². The first-order chi connectivity index (χ1) is 16.0. The van der Waals surface area contributed by atoms with Gasteiger partial charge in [-0.15, -0.1) is 11.6 Å². The molecule has 1 N–H and O–H groups in total. The molecule has 0 saturated carbocycles. The Labute approximate surface area is 197 Å². The highest BCUT2D eigenvalue weighted by molar-refractivity contribution is 6.17. The van der Waals surface area contributed by atoms with Gasteiger partial charge in [-0.05, 0) is 25.3 Å². The predicted octanol–water partition coefficient (Wildman–Crippen LogP) is 3.34. The number of unbranched alkanes of at least 4 members (excludes halogenated alkanes) is 5. The average Bonchev–Trinajstić information content (AvgIpc) is 3.18. The zero-order valence-corrected chi connectivity index (χ0v) is 19.7. The van der Waals surface area contributed by atoms with Crippen molar-refractivity contribution in [3.63, 3.8) is 0 Å². The second kappa shape index (κ2) is 14.7. The number of carbonyl (C=O) groups excluding carboxylic acids is 1. The highest BCUT2D eigenvalue weighted by Gasteiger charge is 2.37. The molecule has 1 aliphatic heterocycles. The first-order valence-electron chi connectivity index (χ1n) is 11.3. The number of carbonyl (C=O) groups is 1. The van der Waals surface area contributed by atoms with Crippen molar-refractivity contribution in [1.29, 1.82) is 0 Å². The number of H-pyrrole nitrogens is 1. The van der Waals surface area contributed by atoms with Crippen LogP contribution in [0.25, 0.3) is 10.4 Å². The summed E-state index contributed by atoms with van der Waals surface area (Å²) in [5.41, 5.74) is 8.08. The van der Waals surface area contributed by atoms with E-state index in [2.05, 4.69) is 15.0 Å². The standard InChI is InChI=1S/C21H32ClN5O6/c1-15-13-27(21(30)24-20(15)29)18-12-16(25-26-23)17(33-18)14-32-19(28)8-11-31-10-7-5-3-2-4-6-9-22/h13,16-18H,2-12,14H2,1H3,(H,24,29,30). The maximum absolute atomic E-state index is 12.1. The van der Waals surface area contributed by atoms with E-state index in [0.717, 1.165) is 32.1 Å². The molecule has 2 heterocycles. The molecule has 1 saturated heterocycles. The van der Waals surface area contributed by atoms with E-state index in [1.807, 2.05) is 0 Å². The average molecular weight is 486 g/mol. The van der Waals surface area contributed by atoms with E-state index in [0.29, 0.717) is 18.1 Å². The summed E-state index contributed by atoms with van der Waals surface area (Å²) in [7, 11) is 0. The van der Waals surface area contributed by atoms with Crippen LogP contribution in [0.4, 0.5) is 0 Å². The number of hydrogen-bond donors (Lipinski definition) is 1. The van der Waals surface area contributed by atoms with Crippen LogP contribution in [0.15, 0.2) is 20.9 Å². The number of rotatable bonds is 15. The smallest absolute Gasteiger partial charge is 0.330 e. The molecule has 1 aliphatic rings. The van der Waals surface area contributed by atoms with E-state index in [1.165, 1.54) is 17.2 Å². The van der Waals surface area contributed by atoms with Crippen LogP contribution in [0.3, 0.4) is 0 Å². The largest absolute Gasteiger partial charge is 0.463 e. The van der Waals surface area contributed by atoms with Crippen LogP contribution in [0.2, 0.25) is 0 Å². The summed E-state index contributed by atoms with van der Waals surface area (Å²) in [5, 5.41) is 3.70. The number of azide groups is 1. The molecule has 0 spiro atoms. The number of halogens is 1. The number of hydrogen-bond acceptors (Lipinski definition) is 7. The molecule has 33 heavy (non-hydrogen) atoms. The molecule has 0 aliphatic carbocycles. The number of aryl methyl sites for hydroxylation is 1. The van der Waals surface area contributed by atoms with Crippen LogP contribution in [-0.4, -0.2) is 53.4 Å². The van der Waals surface area contributed by atoms with Gasteiger partial charge in [-0.3, -0.25) is 19.1 Å². The summed E-state index contributed by atoms with van der Waals surface area (Å²) in [6.07, 6.45) is 6.85. The molecule has 3 atom stereocenters. The van der Waals surface area contributed by atoms with E-state index in [1.54, 1.807) is 6.92 Å². The van der Waals surface area contributed by atoms with Gasteiger partial charge in [-0.1, -0.05) is 30.8 Å². The molecule has 1 fully saturated rings. The lowest BCUT2D eigenvalue weighted by Gasteiger charge is -2.17. The van der Waals surface area contributed by atoms with Crippen LogP contribution in [0.1, 0.15) is 63.2 Å². The number of aromatic nitrogens is 2. The fraction of sp³-hybridized carbons (Fsp3) is 0.762. The van der Waals surface area contributed by atoms with Crippen LogP contribution >= 0.6 is 11.6 Å². The molecule has 0 radical (unpaired) electrons. The van der Waals surface area contributed by atoms with Gasteiger partial charge in [0.05, 0.1) is 19.1 Å². The van der Waals surface area contributed by atoms with E-state index in [4.69, 9.17) is 31.3 Å². The Morgan fingerprint density at radius 1 is 1.27 bits per heavy atom. The van der Waals surface area contributed by atoms with E-state index >= 15 is 0 Å². The molecule has 1 aromatic rings. The van der Waals surface area contributed by atoms with Gasteiger partial charge in [-0.2, -0.15) is 0 Å². The Hall–Kier alpha value is -2.33. The number of alkyl halides is 1. The van der Waals surface area contributed by atoms with E-state index in [-0.39, 0.29) is 26.1 Å². The van der Waals surface area contributed by atoms with Crippen molar-refractivity contribution in [3.8, 4) is 0 Å². The molecule has 1 aromatic heterocycles. The van der Waals surface area contributed by atoms with Crippen LogP contribution in [0.5, 0.6) is 0 Å². The summed E-state index contributed by atoms with van der Waals surface area (Å²) < 4.78 is 17.8. The monoisotopic (exact) mass is 485 g/mol. The molecular weight excluding hydrogens is 454 g/mol. The van der Waals surface area contributed by atoms with Crippen molar-refractivity contribution < 1.29 is 19.0 Å². The Bertz CT molecular complexity index is 913. The summed E-state index contributed by atoms with van der Waals surface area (Å²) in [6, 6.07) is -0.618. The van der Waals surface area contributed by atoms with Gasteiger partial charge >= 0.3 is 11.7 Å². The second-order valence-electron chi connectivity index (χ2n) is 7.97. The lowest BCUT2D eigenvalue weighted by molar-refractivity contribution is -0.149. The van der Waals surface area contributed by atoms with Gasteiger partial charge in [-0.25, -0.2) is 4.79 Å². The Balaban J connectivity index is 1.71. The molecule has 0 bridgehead atoms. The minimum absolute atomic E-state index is 0.108. The highest BCUT2D eigenvalue weighted by atomic mass is 35.5. The number of aromatic amines is 1. The van der Waals surface area contributed by atoms with E-state index in [9.17, 15) is 14.4 Å². The first-order valence-corrected chi connectivity index (χ1v) is 11.8. The third-order valence-corrected chi connectivity index (χ3v) is 5.66. The maximum Gasteiger partial charge on any atom is 0.330 e. The fourth-order valence-electron chi connectivity index (χ4n) is 3.53. The van der Waals surface area contributed by atoms with Crippen LogP contribution in [-0.2, 0) is 19.0 Å². The van der Waals surface area contributed by atoms with Gasteiger partial charge in [0, 0.05) is 35.6 Å². The van der Waals surface area contributed by atoms with Crippen molar-refractivity contribution in [2.75, 3.05) is 25.7 Å². The third-order valence-electron chi connectivity index (χ3n) is 5.39. The quantitative estimate of drug-likeness (QED) is 0.100. The van der Waals surface area contributed by atoms with Gasteiger partial charge in [0.25, 0.3) is 5.56 Å². The minimum Gasteiger partial charge on any atom is -0.463 e. The molecule has 12 heteroatoms. The van der Waals surface area contributed by atoms with Crippen molar-refractivity contribution in [2.24, 2.45) is 5.11 Å². The van der Waals surface area contributed by atoms with Crippen molar-refractivity contribution in [1.82, 2.24) is 9.55 Å². The van der Waals surface area contributed by atoms with Crippen LogP contribution in [0, 0.1) is 6.92 Å². The fourth-order valence-corrected chi connectivity index (χ4v) is 3.72. The van der Waals surface area contributed by atoms with Gasteiger partial charge in [0.1, 0.15) is 18.9 Å². The predicted molar refractivity (Wildman–Crippen MR) is 122 cm³/mol. The van der Waals surface area contributed by atoms with Crippen molar-refractivity contribution >= 4 is 17.6 Å².